The molecule has 0 saturated carbocycles. The lowest BCUT2D eigenvalue weighted by molar-refractivity contribution is -0.134. The van der Waals surface area contributed by atoms with Gasteiger partial charge in [-0.15, -0.1) is 0 Å². The average molecular weight is 264 g/mol. The van der Waals surface area contributed by atoms with E-state index in [1.54, 1.807) is 12.1 Å². The number of likely N-dealkylation sites (tertiary alicyclic amines) is 1. The fourth-order valence-electron chi connectivity index (χ4n) is 2.70. The number of benzene rings is 1. The van der Waals surface area contributed by atoms with Crippen LogP contribution in [0, 0.1) is 5.82 Å². The lowest BCUT2D eigenvalue weighted by atomic mass is 9.98. The van der Waals surface area contributed by atoms with E-state index in [1.807, 2.05) is 4.90 Å². The van der Waals surface area contributed by atoms with E-state index in [4.69, 9.17) is 5.73 Å². The van der Waals surface area contributed by atoms with E-state index in [-0.39, 0.29) is 17.3 Å². The third-order valence-corrected chi connectivity index (χ3v) is 4.03. The smallest absolute Gasteiger partial charge is 0.223 e. The van der Waals surface area contributed by atoms with Gasteiger partial charge in [0.25, 0.3) is 0 Å². The first kappa shape index (κ1) is 14.0. The highest BCUT2D eigenvalue weighted by Gasteiger charge is 2.37. The molecule has 1 aromatic carbocycles. The molecule has 0 bridgehead atoms. The maximum Gasteiger partial charge on any atom is 0.223 e. The Hall–Kier alpha value is -1.42. The van der Waals surface area contributed by atoms with Crippen molar-refractivity contribution < 1.29 is 9.18 Å². The predicted octanol–water partition coefficient (Wildman–Crippen LogP) is 2.10. The van der Waals surface area contributed by atoms with Crippen molar-refractivity contribution in [3.8, 4) is 0 Å². The quantitative estimate of drug-likeness (QED) is 0.905. The number of hydrogen-bond donors (Lipinski definition) is 1. The van der Waals surface area contributed by atoms with Gasteiger partial charge < -0.3 is 10.6 Å². The molecule has 104 valence electrons. The van der Waals surface area contributed by atoms with E-state index in [9.17, 15) is 9.18 Å². The van der Waals surface area contributed by atoms with Crippen LogP contribution in [0.1, 0.15) is 31.7 Å². The first-order valence-electron chi connectivity index (χ1n) is 6.80. The van der Waals surface area contributed by atoms with Gasteiger partial charge in [0.2, 0.25) is 5.91 Å². The maximum atomic E-state index is 12.8. The molecule has 2 rings (SSSR count). The van der Waals surface area contributed by atoms with Gasteiger partial charge >= 0.3 is 0 Å². The highest BCUT2D eigenvalue weighted by Crippen LogP contribution is 2.28. The predicted molar refractivity (Wildman–Crippen MR) is 73.1 cm³/mol. The number of aryl methyl sites for hydroxylation is 1. The van der Waals surface area contributed by atoms with Gasteiger partial charge in [-0.1, -0.05) is 12.1 Å². The first-order chi connectivity index (χ1) is 9.05. The molecule has 3 nitrogen and oxygen atoms in total. The molecular formula is C15H21FN2O. The molecule has 1 aliphatic heterocycles. The third kappa shape index (κ3) is 3.13. The van der Waals surface area contributed by atoms with E-state index in [2.05, 4.69) is 6.92 Å². The van der Waals surface area contributed by atoms with Crippen LogP contribution in [0.15, 0.2) is 24.3 Å². The van der Waals surface area contributed by atoms with Gasteiger partial charge in [-0.05, 0) is 43.9 Å². The normalized spacial score (nSPS) is 22.8. The molecule has 1 unspecified atom stereocenters. The lowest BCUT2D eigenvalue weighted by Gasteiger charge is -2.34. The Kier molecular flexibility index (Phi) is 4.20. The van der Waals surface area contributed by atoms with Crippen molar-refractivity contribution in [1.82, 2.24) is 4.90 Å². The Bertz CT molecular complexity index is 446. The summed E-state index contributed by atoms with van der Waals surface area (Å²) in [5.41, 5.74) is 6.59. The minimum absolute atomic E-state index is 0.148. The minimum Gasteiger partial charge on any atom is -0.336 e. The molecule has 4 heteroatoms. The molecule has 19 heavy (non-hydrogen) atoms. The Labute approximate surface area is 113 Å². The standard InChI is InChI=1S/C15H21FN2O/c1-15(11-17)9-2-10-18(15)14(19)8-5-12-3-6-13(16)7-4-12/h3-4,6-7H,2,5,8-11,17H2,1H3. The minimum atomic E-state index is -0.245. The summed E-state index contributed by atoms with van der Waals surface area (Å²) in [7, 11) is 0. The van der Waals surface area contributed by atoms with Crippen molar-refractivity contribution in [2.45, 2.75) is 38.1 Å². The second-order valence-electron chi connectivity index (χ2n) is 5.48. The van der Waals surface area contributed by atoms with E-state index in [0.717, 1.165) is 24.9 Å². The van der Waals surface area contributed by atoms with Gasteiger partial charge in [0, 0.05) is 19.5 Å². The van der Waals surface area contributed by atoms with E-state index in [0.29, 0.717) is 19.4 Å². The number of hydrogen-bond acceptors (Lipinski definition) is 2. The van der Waals surface area contributed by atoms with Crippen molar-refractivity contribution in [2.24, 2.45) is 5.73 Å². The second-order valence-corrected chi connectivity index (χ2v) is 5.48. The van der Waals surface area contributed by atoms with E-state index in [1.165, 1.54) is 12.1 Å². The van der Waals surface area contributed by atoms with Crippen LogP contribution in [-0.4, -0.2) is 29.4 Å². The summed E-state index contributed by atoms with van der Waals surface area (Å²) < 4.78 is 12.8. The number of halogens is 1. The van der Waals surface area contributed by atoms with Crippen LogP contribution in [0.25, 0.3) is 0 Å². The molecule has 1 aromatic rings. The summed E-state index contributed by atoms with van der Waals surface area (Å²) in [5.74, 6) is -0.0971. The maximum absolute atomic E-state index is 12.8. The van der Waals surface area contributed by atoms with Crippen LogP contribution < -0.4 is 5.73 Å². The van der Waals surface area contributed by atoms with Gasteiger partial charge in [0.15, 0.2) is 0 Å². The van der Waals surface area contributed by atoms with Crippen molar-refractivity contribution in [1.29, 1.82) is 0 Å². The van der Waals surface area contributed by atoms with Crippen molar-refractivity contribution in [3.05, 3.63) is 35.6 Å². The van der Waals surface area contributed by atoms with Crippen LogP contribution in [-0.2, 0) is 11.2 Å². The van der Waals surface area contributed by atoms with Gasteiger partial charge in [0.1, 0.15) is 5.82 Å². The SMILES string of the molecule is CC1(CN)CCCN1C(=O)CCc1ccc(F)cc1. The van der Waals surface area contributed by atoms with Crippen LogP contribution in [0.2, 0.25) is 0 Å². The van der Waals surface area contributed by atoms with Crippen LogP contribution in [0.3, 0.4) is 0 Å². The molecule has 1 atom stereocenters. The fraction of sp³-hybridized carbons (Fsp3) is 0.533. The molecular weight excluding hydrogens is 243 g/mol. The first-order valence-corrected chi connectivity index (χ1v) is 6.80. The summed E-state index contributed by atoms with van der Waals surface area (Å²) in [4.78, 5) is 14.2. The Morgan fingerprint density at radius 3 is 2.74 bits per heavy atom. The van der Waals surface area contributed by atoms with Crippen LogP contribution >= 0.6 is 0 Å². The molecule has 0 radical (unpaired) electrons. The molecule has 1 aliphatic rings. The topological polar surface area (TPSA) is 46.3 Å². The Morgan fingerprint density at radius 1 is 1.42 bits per heavy atom. The zero-order valence-corrected chi connectivity index (χ0v) is 11.4. The highest BCUT2D eigenvalue weighted by molar-refractivity contribution is 5.77. The second kappa shape index (κ2) is 5.70. The number of carbonyl (C=O) groups is 1. The number of nitrogens with two attached hydrogens (primary N) is 1. The number of nitrogens with zero attached hydrogens (tertiary/aromatic N) is 1. The van der Waals surface area contributed by atoms with Gasteiger partial charge in [-0.25, -0.2) is 4.39 Å². The van der Waals surface area contributed by atoms with Gasteiger partial charge in [0.05, 0.1) is 5.54 Å². The Morgan fingerprint density at radius 2 is 2.11 bits per heavy atom. The lowest BCUT2D eigenvalue weighted by Crippen LogP contribution is -2.50. The zero-order chi connectivity index (χ0) is 13.9. The van der Waals surface area contributed by atoms with Crippen LogP contribution in [0.5, 0.6) is 0 Å². The molecule has 1 heterocycles. The molecule has 0 aliphatic carbocycles. The summed E-state index contributed by atoms with van der Waals surface area (Å²) in [6.07, 6.45) is 3.11. The number of amides is 1. The van der Waals surface area contributed by atoms with Crippen molar-refractivity contribution in [3.63, 3.8) is 0 Å². The largest absolute Gasteiger partial charge is 0.336 e. The van der Waals surface area contributed by atoms with E-state index < -0.39 is 0 Å². The monoisotopic (exact) mass is 264 g/mol. The Balaban J connectivity index is 1.92. The van der Waals surface area contributed by atoms with Crippen molar-refractivity contribution >= 4 is 5.91 Å². The molecule has 1 amide bonds. The van der Waals surface area contributed by atoms with Crippen molar-refractivity contribution in [2.75, 3.05) is 13.1 Å². The highest BCUT2D eigenvalue weighted by atomic mass is 19.1. The number of carbonyl (C=O) groups excluding carboxylic acids is 1. The molecule has 1 fully saturated rings. The van der Waals surface area contributed by atoms with Gasteiger partial charge in [-0.2, -0.15) is 0 Å². The molecule has 0 aromatic heterocycles. The molecule has 1 saturated heterocycles. The number of rotatable bonds is 4. The summed E-state index contributed by atoms with van der Waals surface area (Å²) in [5, 5.41) is 0. The average Bonchev–Trinajstić information content (AvgIpc) is 2.81. The third-order valence-electron chi connectivity index (χ3n) is 4.03. The van der Waals surface area contributed by atoms with Gasteiger partial charge in [-0.3, -0.25) is 4.79 Å². The van der Waals surface area contributed by atoms with Crippen LogP contribution in [0.4, 0.5) is 4.39 Å². The van der Waals surface area contributed by atoms with E-state index >= 15 is 0 Å². The fourth-order valence-corrected chi connectivity index (χ4v) is 2.70. The molecule has 0 spiro atoms. The summed E-state index contributed by atoms with van der Waals surface area (Å²) in [6, 6.07) is 6.32. The summed E-state index contributed by atoms with van der Waals surface area (Å²) >= 11 is 0. The summed E-state index contributed by atoms with van der Waals surface area (Å²) in [6.45, 7) is 3.36. The molecule has 2 N–H and O–H groups in total. The zero-order valence-electron chi connectivity index (χ0n) is 11.4.